The minimum atomic E-state index is -0.561. The first-order valence-corrected chi connectivity index (χ1v) is 4.12. The van der Waals surface area contributed by atoms with Gasteiger partial charge < -0.3 is 5.11 Å². The van der Waals surface area contributed by atoms with Crippen molar-refractivity contribution in [2.75, 3.05) is 21.1 Å². The van der Waals surface area contributed by atoms with Crippen LogP contribution in [0.3, 0.4) is 0 Å². The van der Waals surface area contributed by atoms with E-state index < -0.39 is 4.92 Å². The SMILES string of the molecule is C[N+](C)(C)c1cccc(O)c1[N+](=O)[O-]. The summed E-state index contributed by atoms with van der Waals surface area (Å²) in [5.74, 6) is -0.291. The monoisotopic (exact) mass is 197 g/mol. The summed E-state index contributed by atoms with van der Waals surface area (Å²) in [6.45, 7) is 0. The van der Waals surface area contributed by atoms with Crippen molar-refractivity contribution in [3.05, 3.63) is 28.3 Å². The number of benzene rings is 1. The van der Waals surface area contributed by atoms with E-state index in [0.29, 0.717) is 10.2 Å². The summed E-state index contributed by atoms with van der Waals surface area (Å²) < 4.78 is 0.296. The average molecular weight is 197 g/mol. The van der Waals surface area contributed by atoms with Crippen molar-refractivity contribution in [3.8, 4) is 5.75 Å². The first kappa shape index (κ1) is 10.5. The van der Waals surface area contributed by atoms with Gasteiger partial charge in [-0.3, -0.25) is 14.6 Å². The maximum Gasteiger partial charge on any atom is 0.370 e. The molecule has 0 radical (unpaired) electrons. The molecule has 0 amide bonds. The summed E-state index contributed by atoms with van der Waals surface area (Å²) in [5, 5.41) is 20.1. The smallest absolute Gasteiger partial charge is 0.370 e. The van der Waals surface area contributed by atoms with Crippen molar-refractivity contribution >= 4 is 11.4 Å². The number of quaternary nitrogens is 1. The van der Waals surface area contributed by atoms with Crippen LogP contribution in [-0.2, 0) is 0 Å². The Hall–Kier alpha value is -1.62. The van der Waals surface area contributed by atoms with Crippen LogP contribution in [0.2, 0.25) is 0 Å². The number of para-hydroxylation sites is 1. The Morgan fingerprint density at radius 2 is 1.93 bits per heavy atom. The lowest BCUT2D eigenvalue weighted by Gasteiger charge is -2.22. The zero-order valence-corrected chi connectivity index (χ0v) is 8.39. The van der Waals surface area contributed by atoms with Crippen molar-refractivity contribution in [3.63, 3.8) is 0 Å². The molecule has 0 aliphatic carbocycles. The summed E-state index contributed by atoms with van der Waals surface area (Å²) in [6.07, 6.45) is 0. The van der Waals surface area contributed by atoms with Crippen molar-refractivity contribution in [1.29, 1.82) is 0 Å². The second-order valence-electron chi connectivity index (χ2n) is 3.91. The maximum atomic E-state index is 10.7. The Bertz CT molecular complexity index is 369. The van der Waals surface area contributed by atoms with E-state index in [9.17, 15) is 15.2 Å². The number of phenols is 1. The number of hydrogen-bond donors (Lipinski definition) is 1. The van der Waals surface area contributed by atoms with Crippen molar-refractivity contribution in [2.45, 2.75) is 0 Å². The van der Waals surface area contributed by atoms with Gasteiger partial charge in [0.05, 0.1) is 26.1 Å². The van der Waals surface area contributed by atoms with E-state index in [2.05, 4.69) is 0 Å². The van der Waals surface area contributed by atoms with Crippen LogP contribution in [0.4, 0.5) is 11.4 Å². The number of phenolic OH excluding ortho intramolecular Hbond substituents is 1. The third-order valence-corrected chi connectivity index (χ3v) is 1.90. The third-order valence-electron chi connectivity index (χ3n) is 1.90. The van der Waals surface area contributed by atoms with Gasteiger partial charge in [0.2, 0.25) is 11.4 Å². The molecule has 0 aliphatic rings. The summed E-state index contributed by atoms with van der Waals surface area (Å²) >= 11 is 0. The summed E-state index contributed by atoms with van der Waals surface area (Å²) in [7, 11) is 5.42. The van der Waals surface area contributed by atoms with Gasteiger partial charge in [0.25, 0.3) is 0 Å². The molecule has 1 aromatic rings. The van der Waals surface area contributed by atoms with E-state index in [0.717, 1.165) is 0 Å². The normalized spacial score (nSPS) is 11.4. The minimum absolute atomic E-state index is 0.222. The van der Waals surface area contributed by atoms with Gasteiger partial charge in [-0.15, -0.1) is 0 Å². The lowest BCUT2D eigenvalue weighted by Crippen LogP contribution is -2.35. The molecule has 0 aromatic heterocycles. The molecule has 0 saturated heterocycles. The van der Waals surface area contributed by atoms with Crippen LogP contribution < -0.4 is 4.48 Å². The van der Waals surface area contributed by atoms with Gasteiger partial charge in [0.1, 0.15) is 0 Å². The van der Waals surface area contributed by atoms with Crippen LogP contribution in [0.25, 0.3) is 0 Å². The van der Waals surface area contributed by atoms with Crippen LogP contribution >= 0.6 is 0 Å². The topological polar surface area (TPSA) is 63.4 Å². The van der Waals surface area contributed by atoms with E-state index in [-0.39, 0.29) is 11.4 Å². The predicted octanol–water partition coefficient (Wildman–Crippen LogP) is 1.50. The largest absolute Gasteiger partial charge is 0.502 e. The van der Waals surface area contributed by atoms with E-state index in [1.54, 1.807) is 12.1 Å². The second-order valence-corrected chi connectivity index (χ2v) is 3.91. The highest BCUT2D eigenvalue weighted by Gasteiger charge is 2.28. The molecule has 0 bridgehead atoms. The van der Waals surface area contributed by atoms with Gasteiger partial charge in [-0.2, -0.15) is 0 Å². The first-order valence-electron chi connectivity index (χ1n) is 4.12. The molecule has 1 aromatic carbocycles. The molecule has 5 nitrogen and oxygen atoms in total. The van der Waals surface area contributed by atoms with Crippen molar-refractivity contribution < 1.29 is 10.0 Å². The summed E-state index contributed by atoms with van der Waals surface area (Å²) in [5.41, 5.74) is 0.259. The number of nitro groups is 1. The maximum absolute atomic E-state index is 10.7. The molecule has 0 unspecified atom stereocenters. The summed E-state index contributed by atoms with van der Waals surface area (Å²) in [4.78, 5) is 10.2. The lowest BCUT2D eigenvalue weighted by molar-refractivity contribution is -0.385. The first-order chi connectivity index (χ1) is 6.34. The molecular weight excluding hydrogens is 184 g/mol. The molecular formula is C9H13N2O3+. The van der Waals surface area contributed by atoms with Crippen LogP contribution in [0.15, 0.2) is 18.2 Å². The van der Waals surface area contributed by atoms with Crippen molar-refractivity contribution in [1.82, 2.24) is 4.48 Å². The molecule has 1 rings (SSSR count). The Morgan fingerprint density at radius 3 is 2.29 bits per heavy atom. The molecule has 0 aliphatic heterocycles. The number of nitrogens with zero attached hydrogens (tertiary/aromatic N) is 2. The van der Waals surface area contributed by atoms with Gasteiger partial charge >= 0.3 is 5.69 Å². The number of rotatable bonds is 2. The fourth-order valence-corrected chi connectivity index (χ4v) is 1.25. The van der Waals surface area contributed by atoms with Gasteiger partial charge in [-0.05, 0) is 6.07 Å². The lowest BCUT2D eigenvalue weighted by atomic mass is 10.2. The third kappa shape index (κ3) is 1.82. The van der Waals surface area contributed by atoms with Crippen LogP contribution in [-0.4, -0.2) is 31.2 Å². The average Bonchev–Trinajstić information content (AvgIpc) is 2.01. The molecule has 0 heterocycles. The molecule has 76 valence electrons. The molecule has 0 spiro atoms. The number of hydrogen-bond acceptors (Lipinski definition) is 3. The number of aromatic hydroxyl groups is 1. The standard InChI is InChI=1S/C9H12N2O3/c1-11(2,3)7-5-4-6-8(12)9(7)10(13)14/h4-6H,1-3H3/p+1. The zero-order valence-electron chi connectivity index (χ0n) is 8.39. The Kier molecular flexibility index (Phi) is 2.44. The van der Waals surface area contributed by atoms with Crippen LogP contribution in [0.1, 0.15) is 0 Å². The van der Waals surface area contributed by atoms with Gasteiger partial charge in [-0.25, -0.2) is 0 Å². The minimum Gasteiger partial charge on any atom is -0.502 e. The predicted molar refractivity (Wildman–Crippen MR) is 54.3 cm³/mol. The Balaban J connectivity index is 3.44. The van der Waals surface area contributed by atoms with E-state index in [1.807, 2.05) is 21.1 Å². The molecule has 14 heavy (non-hydrogen) atoms. The molecule has 5 heteroatoms. The number of nitro benzene ring substituents is 1. The summed E-state index contributed by atoms with van der Waals surface area (Å²) in [6, 6.07) is 4.55. The highest BCUT2D eigenvalue weighted by atomic mass is 16.6. The highest BCUT2D eigenvalue weighted by molar-refractivity contribution is 5.66. The Labute approximate surface area is 81.9 Å². The van der Waals surface area contributed by atoms with E-state index in [4.69, 9.17) is 0 Å². The van der Waals surface area contributed by atoms with Crippen LogP contribution in [0.5, 0.6) is 5.75 Å². The fraction of sp³-hybridized carbons (Fsp3) is 0.333. The molecule has 0 atom stereocenters. The molecule has 0 saturated carbocycles. The fourth-order valence-electron chi connectivity index (χ4n) is 1.25. The molecule has 0 fully saturated rings. The van der Waals surface area contributed by atoms with E-state index in [1.165, 1.54) is 6.07 Å². The molecule has 1 N–H and O–H groups in total. The van der Waals surface area contributed by atoms with Gasteiger partial charge in [0.15, 0.2) is 0 Å². The van der Waals surface area contributed by atoms with Gasteiger partial charge in [-0.1, -0.05) is 6.07 Å². The quantitative estimate of drug-likeness (QED) is 0.444. The van der Waals surface area contributed by atoms with E-state index >= 15 is 0 Å². The highest BCUT2D eigenvalue weighted by Crippen LogP contribution is 2.37. The Morgan fingerprint density at radius 1 is 1.36 bits per heavy atom. The second kappa shape index (κ2) is 3.26. The van der Waals surface area contributed by atoms with Crippen LogP contribution in [0, 0.1) is 10.1 Å². The van der Waals surface area contributed by atoms with Gasteiger partial charge in [0, 0.05) is 6.07 Å². The van der Waals surface area contributed by atoms with Crippen molar-refractivity contribution in [2.24, 2.45) is 0 Å². The zero-order chi connectivity index (χ0) is 10.9.